The van der Waals surface area contributed by atoms with Gasteiger partial charge in [0.05, 0.1) is 5.60 Å². The molecule has 0 spiro atoms. The highest BCUT2D eigenvalue weighted by Gasteiger charge is 2.37. The van der Waals surface area contributed by atoms with Crippen LogP contribution < -0.4 is 0 Å². The molecule has 0 radical (unpaired) electrons. The highest BCUT2D eigenvalue weighted by molar-refractivity contribution is 5.83. The number of nitrogens with one attached hydrogen (secondary N) is 1. The maximum Gasteiger partial charge on any atom is 0.410 e. The topological polar surface area (TPSA) is 65.6 Å². The Morgan fingerprint density at radius 1 is 1.26 bits per heavy atom. The Morgan fingerprint density at radius 3 is 2.61 bits per heavy atom. The second-order valence-corrected chi connectivity index (χ2v) is 7.24. The molecule has 1 saturated heterocycles. The van der Waals surface area contributed by atoms with Crippen molar-refractivity contribution in [2.75, 3.05) is 13.1 Å². The molecule has 0 saturated carbocycles. The minimum Gasteiger partial charge on any atom is -0.444 e. The predicted molar refractivity (Wildman–Crippen MR) is 89.2 cm³/mol. The van der Waals surface area contributed by atoms with Gasteiger partial charge in [0.2, 0.25) is 0 Å². The lowest BCUT2D eigenvalue weighted by Gasteiger charge is -2.39. The van der Waals surface area contributed by atoms with E-state index in [1.54, 1.807) is 4.90 Å². The van der Waals surface area contributed by atoms with E-state index in [1.807, 2.05) is 51.2 Å². The van der Waals surface area contributed by atoms with Gasteiger partial charge in [0.1, 0.15) is 5.60 Å². The van der Waals surface area contributed by atoms with E-state index in [2.05, 4.69) is 4.98 Å². The molecule has 1 amide bonds. The molecule has 2 N–H and O–H groups in total. The smallest absolute Gasteiger partial charge is 0.410 e. The molecule has 0 bridgehead atoms. The molecular weight excluding hydrogens is 292 g/mol. The zero-order valence-corrected chi connectivity index (χ0v) is 13.9. The van der Waals surface area contributed by atoms with Gasteiger partial charge >= 0.3 is 6.09 Å². The summed E-state index contributed by atoms with van der Waals surface area (Å²) in [7, 11) is 0. The summed E-state index contributed by atoms with van der Waals surface area (Å²) in [5.41, 5.74) is 0.549. The number of nitrogens with zero attached hydrogens (tertiary/aromatic N) is 1. The summed E-state index contributed by atoms with van der Waals surface area (Å²) in [5, 5.41) is 12.1. The van der Waals surface area contributed by atoms with Gasteiger partial charge in [-0.15, -0.1) is 0 Å². The molecule has 124 valence electrons. The molecule has 5 nitrogen and oxygen atoms in total. The molecule has 1 aromatic heterocycles. The van der Waals surface area contributed by atoms with Gasteiger partial charge in [-0.2, -0.15) is 0 Å². The second kappa shape index (κ2) is 5.57. The van der Waals surface area contributed by atoms with Gasteiger partial charge in [-0.05, 0) is 51.3 Å². The van der Waals surface area contributed by atoms with E-state index in [9.17, 15) is 9.90 Å². The summed E-state index contributed by atoms with van der Waals surface area (Å²) in [5.74, 6) is 0. The largest absolute Gasteiger partial charge is 0.444 e. The van der Waals surface area contributed by atoms with Crippen LogP contribution >= 0.6 is 0 Å². The van der Waals surface area contributed by atoms with Gasteiger partial charge in [0.15, 0.2) is 0 Å². The van der Waals surface area contributed by atoms with Crippen molar-refractivity contribution in [1.82, 2.24) is 9.88 Å². The molecular formula is C18H24N2O3. The van der Waals surface area contributed by atoms with Crippen molar-refractivity contribution in [2.24, 2.45) is 0 Å². The van der Waals surface area contributed by atoms with Crippen molar-refractivity contribution in [3.8, 4) is 0 Å². The molecule has 3 rings (SSSR count). The van der Waals surface area contributed by atoms with Crippen molar-refractivity contribution in [1.29, 1.82) is 0 Å². The molecule has 0 unspecified atom stereocenters. The fourth-order valence-corrected chi connectivity index (χ4v) is 3.15. The van der Waals surface area contributed by atoms with E-state index in [4.69, 9.17) is 4.74 Å². The first-order chi connectivity index (χ1) is 10.8. The Balaban J connectivity index is 1.75. The Bertz CT molecular complexity index is 706. The van der Waals surface area contributed by atoms with E-state index in [0.717, 1.165) is 16.5 Å². The molecule has 5 heteroatoms. The van der Waals surface area contributed by atoms with Crippen LogP contribution in [0.1, 0.15) is 39.2 Å². The number of aromatic nitrogens is 1. The maximum absolute atomic E-state index is 12.1. The van der Waals surface area contributed by atoms with Gasteiger partial charge in [-0.25, -0.2) is 4.79 Å². The average molecular weight is 316 g/mol. The van der Waals surface area contributed by atoms with E-state index >= 15 is 0 Å². The maximum atomic E-state index is 12.1. The Hall–Kier alpha value is -2.01. The third-order valence-corrected chi connectivity index (χ3v) is 4.34. The minimum absolute atomic E-state index is 0.306. The molecule has 2 heterocycles. The molecule has 1 fully saturated rings. The summed E-state index contributed by atoms with van der Waals surface area (Å²) in [6, 6.07) is 7.91. The highest BCUT2D eigenvalue weighted by atomic mass is 16.6. The number of carbonyl (C=O) groups is 1. The quantitative estimate of drug-likeness (QED) is 0.847. The molecule has 1 aliphatic rings. The molecule has 2 aromatic rings. The van der Waals surface area contributed by atoms with Crippen LogP contribution in [0, 0.1) is 0 Å². The summed E-state index contributed by atoms with van der Waals surface area (Å²) in [4.78, 5) is 17.0. The minimum atomic E-state index is -0.903. The third-order valence-electron chi connectivity index (χ3n) is 4.34. The van der Waals surface area contributed by atoms with Gasteiger partial charge in [0, 0.05) is 30.2 Å². The number of ether oxygens (including phenoxy) is 1. The van der Waals surface area contributed by atoms with Crippen LogP contribution in [0.15, 0.2) is 30.5 Å². The summed E-state index contributed by atoms with van der Waals surface area (Å²) in [6.45, 7) is 6.56. The van der Waals surface area contributed by atoms with Crippen LogP contribution in [-0.4, -0.2) is 39.8 Å². The first-order valence-electron chi connectivity index (χ1n) is 8.05. The van der Waals surface area contributed by atoms with Gasteiger partial charge in [0.25, 0.3) is 0 Å². The van der Waals surface area contributed by atoms with Crippen molar-refractivity contribution >= 4 is 17.0 Å². The number of piperidine rings is 1. The predicted octanol–water partition coefficient (Wildman–Crippen LogP) is 3.39. The number of hydrogen-bond acceptors (Lipinski definition) is 3. The second-order valence-electron chi connectivity index (χ2n) is 7.24. The SMILES string of the molecule is CC(C)(C)OC(=O)N1CCC(O)(c2cccc3[nH]ccc23)CC1. The fraction of sp³-hybridized carbons (Fsp3) is 0.500. The Kier molecular flexibility index (Phi) is 3.84. The van der Waals surface area contributed by atoms with Crippen molar-refractivity contribution in [3.05, 3.63) is 36.0 Å². The highest BCUT2D eigenvalue weighted by Crippen LogP contribution is 2.37. The lowest BCUT2D eigenvalue weighted by atomic mass is 9.83. The zero-order chi connectivity index (χ0) is 16.7. The molecule has 0 atom stereocenters. The number of fused-ring (bicyclic) bond motifs is 1. The summed E-state index contributed by atoms with van der Waals surface area (Å²) < 4.78 is 5.41. The Morgan fingerprint density at radius 2 is 1.96 bits per heavy atom. The van der Waals surface area contributed by atoms with E-state index in [1.165, 1.54) is 0 Å². The van der Waals surface area contributed by atoms with Crippen LogP contribution in [0.4, 0.5) is 4.79 Å². The van der Waals surface area contributed by atoms with Crippen LogP contribution in [0.3, 0.4) is 0 Å². The number of carbonyl (C=O) groups excluding carboxylic acids is 1. The standard InChI is InChI=1S/C18H24N2O3/c1-17(2,3)23-16(21)20-11-8-18(22,9-12-20)14-5-4-6-15-13(14)7-10-19-15/h4-7,10,19,22H,8-9,11-12H2,1-3H3. The fourth-order valence-electron chi connectivity index (χ4n) is 3.15. The first kappa shape index (κ1) is 15.9. The number of aliphatic hydroxyl groups is 1. The molecule has 1 aliphatic heterocycles. The Labute approximate surface area is 136 Å². The summed E-state index contributed by atoms with van der Waals surface area (Å²) in [6.07, 6.45) is 2.60. The van der Waals surface area contributed by atoms with E-state index < -0.39 is 11.2 Å². The van der Waals surface area contributed by atoms with Crippen molar-refractivity contribution < 1.29 is 14.6 Å². The number of aromatic amines is 1. The van der Waals surface area contributed by atoms with E-state index in [0.29, 0.717) is 25.9 Å². The zero-order valence-electron chi connectivity index (χ0n) is 13.9. The number of benzene rings is 1. The van der Waals surface area contributed by atoms with E-state index in [-0.39, 0.29) is 6.09 Å². The first-order valence-corrected chi connectivity index (χ1v) is 8.05. The number of amides is 1. The lowest BCUT2D eigenvalue weighted by Crippen LogP contribution is -2.46. The monoisotopic (exact) mass is 316 g/mol. The molecule has 1 aromatic carbocycles. The van der Waals surface area contributed by atoms with Crippen molar-refractivity contribution in [2.45, 2.75) is 44.8 Å². The lowest BCUT2D eigenvalue weighted by molar-refractivity contribution is -0.0347. The number of H-pyrrole nitrogens is 1. The number of hydrogen-bond donors (Lipinski definition) is 2. The van der Waals surface area contributed by atoms with Gasteiger partial charge < -0.3 is 19.7 Å². The van der Waals surface area contributed by atoms with Crippen LogP contribution in [0.25, 0.3) is 10.9 Å². The van der Waals surface area contributed by atoms with Crippen LogP contribution in [-0.2, 0) is 10.3 Å². The average Bonchev–Trinajstić information content (AvgIpc) is 2.94. The number of rotatable bonds is 1. The normalized spacial score (nSPS) is 18.2. The third kappa shape index (κ3) is 3.20. The van der Waals surface area contributed by atoms with Gasteiger partial charge in [-0.1, -0.05) is 12.1 Å². The van der Waals surface area contributed by atoms with Crippen LogP contribution in [0.5, 0.6) is 0 Å². The van der Waals surface area contributed by atoms with Crippen molar-refractivity contribution in [3.63, 3.8) is 0 Å². The summed E-state index contributed by atoms with van der Waals surface area (Å²) >= 11 is 0. The number of likely N-dealkylation sites (tertiary alicyclic amines) is 1. The molecule has 0 aliphatic carbocycles. The van der Waals surface area contributed by atoms with Crippen LogP contribution in [0.2, 0.25) is 0 Å². The molecule has 23 heavy (non-hydrogen) atoms. The van der Waals surface area contributed by atoms with Gasteiger partial charge in [-0.3, -0.25) is 0 Å².